The zero-order valence-electron chi connectivity index (χ0n) is 16.6. The fourth-order valence-corrected chi connectivity index (χ4v) is 3.51. The molecule has 0 spiro atoms. The van der Waals surface area contributed by atoms with Crippen molar-refractivity contribution in [1.29, 1.82) is 0 Å². The van der Waals surface area contributed by atoms with Crippen molar-refractivity contribution in [3.05, 3.63) is 30.3 Å². The lowest BCUT2D eigenvalue weighted by atomic mass is 10.2. The Kier molecular flexibility index (Phi) is 6.60. The van der Waals surface area contributed by atoms with Gasteiger partial charge in [-0.3, -0.25) is 4.90 Å². The molecule has 0 radical (unpaired) electrons. The van der Waals surface area contributed by atoms with Crippen molar-refractivity contribution in [2.45, 2.75) is 0 Å². The van der Waals surface area contributed by atoms with Gasteiger partial charge in [-0.1, -0.05) is 0 Å². The van der Waals surface area contributed by atoms with Gasteiger partial charge in [-0.25, -0.2) is 0 Å². The number of ether oxygens (including phenoxy) is 2. The Bertz CT molecular complexity index is 775. The molecule has 2 aromatic rings. The minimum atomic E-state index is 0.244. The fourth-order valence-electron chi connectivity index (χ4n) is 3.51. The molecule has 0 saturated carbocycles. The zero-order chi connectivity index (χ0) is 19.9. The lowest BCUT2D eigenvalue weighted by molar-refractivity contribution is 0.0398. The molecule has 29 heavy (non-hydrogen) atoms. The maximum Gasteiger partial charge on any atom is 0.223 e. The number of hydrogen-bond acceptors (Lipinski definition) is 9. The highest BCUT2D eigenvalue weighted by atomic mass is 16.5. The number of morpholine rings is 2. The van der Waals surface area contributed by atoms with E-state index in [4.69, 9.17) is 15.2 Å². The summed E-state index contributed by atoms with van der Waals surface area (Å²) in [7, 11) is 0. The zero-order valence-corrected chi connectivity index (χ0v) is 16.6. The molecule has 0 atom stereocenters. The molecule has 0 unspecified atom stereocenters. The van der Waals surface area contributed by atoms with E-state index in [2.05, 4.69) is 54.7 Å². The van der Waals surface area contributed by atoms with Gasteiger partial charge in [0, 0.05) is 56.7 Å². The first-order valence-electron chi connectivity index (χ1n) is 10.1. The van der Waals surface area contributed by atoms with Crippen LogP contribution in [0.4, 0.5) is 29.0 Å². The van der Waals surface area contributed by atoms with Crippen molar-refractivity contribution >= 4 is 29.0 Å². The molecule has 2 aliphatic rings. The quantitative estimate of drug-likeness (QED) is 0.637. The van der Waals surface area contributed by atoms with Crippen LogP contribution in [-0.2, 0) is 9.47 Å². The van der Waals surface area contributed by atoms with Crippen LogP contribution < -0.4 is 21.3 Å². The van der Waals surface area contributed by atoms with E-state index in [1.54, 1.807) is 0 Å². The lowest BCUT2D eigenvalue weighted by Crippen LogP contribution is -2.39. The predicted molar refractivity (Wildman–Crippen MR) is 115 cm³/mol. The van der Waals surface area contributed by atoms with Crippen LogP contribution in [0, 0.1) is 0 Å². The summed E-state index contributed by atoms with van der Waals surface area (Å²) in [4.78, 5) is 13.3. The first-order chi connectivity index (χ1) is 14.3. The van der Waals surface area contributed by atoms with Crippen LogP contribution >= 0.6 is 0 Å². The topological polar surface area (TPSA) is 101 Å². The number of nitrogens with two attached hydrogens (primary N) is 1. The standard InChI is InChI=1S/C20H29N7O2/c21-20-24-18(22-5-6-26-7-11-28-12-8-26)15-19(25-20)23-16-1-3-17(4-2-16)27-9-13-29-14-10-27/h1-4,15H,5-14H2,(H4,21,22,23,24,25). The predicted octanol–water partition coefficient (Wildman–Crippen LogP) is 1.38. The first kappa shape index (κ1) is 19.7. The Hall–Kier alpha value is -2.62. The summed E-state index contributed by atoms with van der Waals surface area (Å²) < 4.78 is 10.8. The number of nitrogen functional groups attached to an aromatic ring is 1. The van der Waals surface area contributed by atoms with Gasteiger partial charge in [-0.15, -0.1) is 0 Å². The van der Waals surface area contributed by atoms with Crippen molar-refractivity contribution < 1.29 is 9.47 Å². The molecule has 4 rings (SSSR count). The van der Waals surface area contributed by atoms with Gasteiger partial charge in [0.15, 0.2) is 0 Å². The van der Waals surface area contributed by atoms with Gasteiger partial charge in [0.25, 0.3) is 0 Å². The molecule has 1 aromatic heterocycles. The highest BCUT2D eigenvalue weighted by molar-refractivity contribution is 5.63. The molecule has 156 valence electrons. The highest BCUT2D eigenvalue weighted by Gasteiger charge is 2.12. The number of nitrogens with zero attached hydrogens (tertiary/aromatic N) is 4. The summed E-state index contributed by atoms with van der Waals surface area (Å²) >= 11 is 0. The molecule has 1 aromatic carbocycles. The van der Waals surface area contributed by atoms with Gasteiger partial charge >= 0.3 is 0 Å². The largest absolute Gasteiger partial charge is 0.379 e. The van der Waals surface area contributed by atoms with E-state index in [9.17, 15) is 0 Å². The molecule has 9 heteroatoms. The summed E-state index contributed by atoms with van der Waals surface area (Å²) in [5, 5.41) is 6.65. The normalized spacial score (nSPS) is 17.9. The Balaban J connectivity index is 1.33. The monoisotopic (exact) mass is 399 g/mol. The molecular weight excluding hydrogens is 370 g/mol. The smallest absolute Gasteiger partial charge is 0.223 e. The van der Waals surface area contributed by atoms with E-state index < -0.39 is 0 Å². The molecule has 0 bridgehead atoms. The molecule has 9 nitrogen and oxygen atoms in total. The van der Waals surface area contributed by atoms with E-state index in [0.29, 0.717) is 5.82 Å². The van der Waals surface area contributed by atoms with Crippen molar-refractivity contribution in [2.24, 2.45) is 0 Å². The van der Waals surface area contributed by atoms with Crippen LogP contribution in [0.25, 0.3) is 0 Å². The van der Waals surface area contributed by atoms with Crippen molar-refractivity contribution in [2.75, 3.05) is 87.0 Å². The highest BCUT2D eigenvalue weighted by Crippen LogP contribution is 2.22. The number of benzene rings is 1. The molecule has 0 aliphatic carbocycles. The maximum absolute atomic E-state index is 5.90. The van der Waals surface area contributed by atoms with Crippen LogP contribution in [0.5, 0.6) is 0 Å². The summed E-state index contributed by atoms with van der Waals surface area (Å²) in [5.74, 6) is 1.64. The minimum Gasteiger partial charge on any atom is -0.379 e. The van der Waals surface area contributed by atoms with E-state index in [1.807, 2.05) is 6.07 Å². The third-order valence-electron chi connectivity index (χ3n) is 5.10. The average Bonchev–Trinajstić information content (AvgIpc) is 2.75. The molecule has 2 fully saturated rings. The van der Waals surface area contributed by atoms with Crippen LogP contribution in [0.15, 0.2) is 30.3 Å². The molecule has 4 N–H and O–H groups in total. The van der Waals surface area contributed by atoms with Gasteiger partial charge in [-0.2, -0.15) is 9.97 Å². The van der Waals surface area contributed by atoms with E-state index in [1.165, 1.54) is 5.69 Å². The lowest BCUT2D eigenvalue weighted by Gasteiger charge is -2.28. The number of rotatable bonds is 7. The average molecular weight is 399 g/mol. The number of anilines is 5. The van der Waals surface area contributed by atoms with Crippen LogP contribution in [0.3, 0.4) is 0 Å². The molecular formula is C20H29N7O2. The third kappa shape index (κ3) is 5.69. The summed E-state index contributed by atoms with van der Waals surface area (Å²) in [5.41, 5.74) is 8.06. The number of aromatic nitrogens is 2. The number of nitrogens with one attached hydrogen (secondary N) is 2. The van der Waals surface area contributed by atoms with Gasteiger partial charge in [0.05, 0.1) is 26.4 Å². The Morgan fingerprint density at radius 1 is 0.897 bits per heavy atom. The Morgan fingerprint density at radius 2 is 1.55 bits per heavy atom. The van der Waals surface area contributed by atoms with E-state index in [-0.39, 0.29) is 5.95 Å². The Morgan fingerprint density at radius 3 is 2.28 bits per heavy atom. The second-order valence-electron chi connectivity index (χ2n) is 7.15. The van der Waals surface area contributed by atoms with Gasteiger partial charge < -0.3 is 30.7 Å². The van der Waals surface area contributed by atoms with Crippen LogP contribution in [0.1, 0.15) is 0 Å². The fraction of sp³-hybridized carbons (Fsp3) is 0.500. The van der Waals surface area contributed by atoms with Crippen LogP contribution in [-0.4, -0.2) is 80.6 Å². The molecule has 2 aliphatic heterocycles. The second kappa shape index (κ2) is 9.73. The molecule has 2 saturated heterocycles. The minimum absolute atomic E-state index is 0.244. The maximum atomic E-state index is 5.90. The second-order valence-corrected chi connectivity index (χ2v) is 7.15. The van der Waals surface area contributed by atoms with Crippen molar-refractivity contribution in [1.82, 2.24) is 14.9 Å². The van der Waals surface area contributed by atoms with Gasteiger partial charge in [0.1, 0.15) is 11.6 Å². The van der Waals surface area contributed by atoms with Crippen molar-refractivity contribution in [3.63, 3.8) is 0 Å². The van der Waals surface area contributed by atoms with Gasteiger partial charge in [-0.05, 0) is 24.3 Å². The van der Waals surface area contributed by atoms with Crippen LogP contribution in [0.2, 0.25) is 0 Å². The molecule has 0 amide bonds. The molecule has 3 heterocycles. The summed E-state index contributed by atoms with van der Waals surface area (Å²) in [6.45, 7) is 8.70. The summed E-state index contributed by atoms with van der Waals surface area (Å²) in [6.07, 6.45) is 0. The van der Waals surface area contributed by atoms with Crippen molar-refractivity contribution in [3.8, 4) is 0 Å². The number of hydrogen-bond donors (Lipinski definition) is 3. The van der Waals surface area contributed by atoms with Gasteiger partial charge in [0.2, 0.25) is 5.95 Å². The SMILES string of the molecule is Nc1nc(NCCN2CCOCC2)cc(Nc2ccc(N3CCOCC3)cc2)n1. The third-order valence-corrected chi connectivity index (χ3v) is 5.10. The summed E-state index contributed by atoms with van der Waals surface area (Å²) in [6, 6.07) is 10.2. The van der Waals surface area contributed by atoms with E-state index in [0.717, 1.165) is 77.2 Å². The van der Waals surface area contributed by atoms with E-state index >= 15 is 0 Å². The Labute approximate surface area is 171 Å². The first-order valence-corrected chi connectivity index (χ1v) is 10.1.